The van der Waals surface area contributed by atoms with E-state index in [-0.39, 0.29) is 0 Å². The maximum Gasteiger partial charge on any atom is 0.0424 e. The predicted octanol–water partition coefficient (Wildman–Crippen LogP) is 2.72. The normalized spacial score (nSPS) is 31.5. The smallest absolute Gasteiger partial charge is 0.0424 e. The quantitative estimate of drug-likeness (QED) is 0.677. The molecule has 0 radical (unpaired) electrons. The van der Waals surface area contributed by atoms with Gasteiger partial charge in [0.1, 0.15) is 0 Å². The molecule has 2 heteroatoms. The molecule has 0 aromatic rings. The molecule has 1 aliphatic rings. The lowest BCUT2D eigenvalue weighted by molar-refractivity contribution is 0.262. The molecule has 0 amide bonds. The third-order valence-corrected chi connectivity index (χ3v) is 4.03. The standard InChI is InChI=1S/C10H21NS/c1-7(2)8-9(10(3,4)5)11-6-12-8/h7-9,11H,6H2,1-5H3. The number of hydrogen-bond donors (Lipinski definition) is 1. The van der Waals surface area contributed by atoms with Crippen molar-refractivity contribution >= 4 is 11.8 Å². The highest BCUT2D eigenvalue weighted by Gasteiger charge is 2.37. The van der Waals surface area contributed by atoms with Gasteiger partial charge in [-0.1, -0.05) is 34.6 Å². The summed E-state index contributed by atoms with van der Waals surface area (Å²) in [7, 11) is 0. The van der Waals surface area contributed by atoms with Gasteiger partial charge in [0.05, 0.1) is 0 Å². The van der Waals surface area contributed by atoms with Crippen LogP contribution in [0.4, 0.5) is 0 Å². The third kappa shape index (κ3) is 2.17. The average Bonchev–Trinajstić information content (AvgIpc) is 2.30. The Labute approximate surface area is 80.7 Å². The Kier molecular flexibility index (Phi) is 3.11. The zero-order valence-electron chi connectivity index (χ0n) is 8.85. The summed E-state index contributed by atoms with van der Waals surface area (Å²) in [6.07, 6.45) is 0. The molecular weight excluding hydrogens is 166 g/mol. The Balaban J connectivity index is 2.64. The van der Waals surface area contributed by atoms with Crippen LogP contribution in [-0.4, -0.2) is 17.2 Å². The van der Waals surface area contributed by atoms with Gasteiger partial charge >= 0.3 is 0 Å². The molecule has 2 unspecified atom stereocenters. The summed E-state index contributed by atoms with van der Waals surface area (Å²) in [5.74, 6) is 1.92. The lowest BCUT2D eigenvalue weighted by Gasteiger charge is -2.33. The summed E-state index contributed by atoms with van der Waals surface area (Å²) in [5.41, 5.74) is 0.401. The molecule has 0 aromatic carbocycles. The van der Waals surface area contributed by atoms with Crippen LogP contribution in [-0.2, 0) is 0 Å². The second kappa shape index (κ2) is 3.59. The molecule has 1 N–H and O–H groups in total. The minimum Gasteiger partial charge on any atom is -0.303 e. The van der Waals surface area contributed by atoms with E-state index in [1.54, 1.807) is 0 Å². The van der Waals surface area contributed by atoms with Crippen molar-refractivity contribution in [1.29, 1.82) is 0 Å². The summed E-state index contributed by atoms with van der Waals surface area (Å²) >= 11 is 2.07. The summed E-state index contributed by atoms with van der Waals surface area (Å²) < 4.78 is 0. The van der Waals surface area contributed by atoms with Crippen molar-refractivity contribution in [1.82, 2.24) is 5.32 Å². The Bertz CT molecular complexity index is 148. The van der Waals surface area contributed by atoms with Gasteiger partial charge in [-0.2, -0.15) is 0 Å². The zero-order valence-corrected chi connectivity index (χ0v) is 9.66. The summed E-state index contributed by atoms with van der Waals surface area (Å²) in [5, 5.41) is 4.39. The van der Waals surface area contributed by atoms with Crippen molar-refractivity contribution in [2.75, 3.05) is 5.88 Å². The van der Waals surface area contributed by atoms with Crippen LogP contribution in [0.15, 0.2) is 0 Å². The molecule has 72 valence electrons. The summed E-state index contributed by atoms with van der Waals surface area (Å²) in [4.78, 5) is 0. The van der Waals surface area contributed by atoms with Crippen LogP contribution in [0.25, 0.3) is 0 Å². The van der Waals surface area contributed by atoms with Crippen molar-refractivity contribution in [3.05, 3.63) is 0 Å². The Morgan fingerprint density at radius 3 is 2.25 bits per heavy atom. The Morgan fingerprint density at radius 2 is 1.92 bits per heavy atom. The van der Waals surface area contributed by atoms with Gasteiger partial charge < -0.3 is 5.32 Å². The van der Waals surface area contributed by atoms with Gasteiger partial charge in [-0.25, -0.2) is 0 Å². The fraction of sp³-hybridized carbons (Fsp3) is 1.00. The highest BCUT2D eigenvalue weighted by Crippen LogP contribution is 2.36. The molecule has 0 bridgehead atoms. The topological polar surface area (TPSA) is 12.0 Å². The molecule has 1 fully saturated rings. The van der Waals surface area contributed by atoms with Crippen molar-refractivity contribution in [3.63, 3.8) is 0 Å². The largest absolute Gasteiger partial charge is 0.303 e. The van der Waals surface area contributed by atoms with E-state index in [9.17, 15) is 0 Å². The van der Waals surface area contributed by atoms with Gasteiger partial charge in [0, 0.05) is 17.2 Å². The first kappa shape index (κ1) is 10.4. The Hall–Kier alpha value is 0.310. The van der Waals surface area contributed by atoms with E-state index in [1.165, 1.54) is 0 Å². The molecule has 2 atom stereocenters. The van der Waals surface area contributed by atoms with E-state index >= 15 is 0 Å². The van der Waals surface area contributed by atoms with Crippen LogP contribution in [0.5, 0.6) is 0 Å². The summed E-state index contributed by atoms with van der Waals surface area (Å²) in [6, 6.07) is 0.683. The highest BCUT2D eigenvalue weighted by atomic mass is 32.2. The van der Waals surface area contributed by atoms with E-state index in [0.29, 0.717) is 11.5 Å². The van der Waals surface area contributed by atoms with Gasteiger partial charge in [-0.05, 0) is 11.3 Å². The molecule has 1 aliphatic heterocycles. The van der Waals surface area contributed by atoms with E-state index in [0.717, 1.165) is 17.0 Å². The third-order valence-electron chi connectivity index (χ3n) is 2.50. The van der Waals surface area contributed by atoms with Crippen molar-refractivity contribution in [3.8, 4) is 0 Å². The van der Waals surface area contributed by atoms with Gasteiger partial charge in [0.15, 0.2) is 0 Å². The zero-order chi connectivity index (χ0) is 9.35. The van der Waals surface area contributed by atoms with E-state index in [1.807, 2.05) is 0 Å². The van der Waals surface area contributed by atoms with Gasteiger partial charge in [-0.3, -0.25) is 0 Å². The number of rotatable bonds is 1. The van der Waals surface area contributed by atoms with Crippen LogP contribution in [0, 0.1) is 11.3 Å². The fourth-order valence-electron chi connectivity index (χ4n) is 1.82. The monoisotopic (exact) mass is 187 g/mol. The van der Waals surface area contributed by atoms with Gasteiger partial charge in [-0.15, -0.1) is 11.8 Å². The molecule has 0 aromatic heterocycles. The van der Waals surface area contributed by atoms with Crippen molar-refractivity contribution in [2.24, 2.45) is 11.3 Å². The molecule has 1 saturated heterocycles. The molecule has 1 heterocycles. The molecule has 1 nitrogen and oxygen atoms in total. The average molecular weight is 187 g/mol. The predicted molar refractivity (Wildman–Crippen MR) is 57.5 cm³/mol. The number of thioether (sulfide) groups is 1. The van der Waals surface area contributed by atoms with Crippen LogP contribution in [0.1, 0.15) is 34.6 Å². The number of hydrogen-bond acceptors (Lipinski definition) is 2. The van der Waals surface area contributed by atoms with Crippen LogP contribution in [0.3, 0.4) is 0 Å². The van der Waals surface area contributed by atoms with E-state index in [2.05, 4.69) is 51.7 Å². The first-order chi connectivity index (χ1) is 5.43. The van der Waals surface area contributed by atoms with E-state index in [4.69, 9.17) is 0 Å². The summed E-state index contributed by atoms with van der Waals surface area (Å²) in [6.45, 7) is 11.6. The minimum absolute atomic E-state index is 0.401. The highest BCUT2D eigenvalue weighted by molar-refractivity contribution is 8.00. The van der Waals surface area contributed by atoms with Crippen molar-refractivity contribution < 1.29 is 0 Å². The van der Waals surface area contributed by atoms with Crippen molar-refractivity contribution in [2.45, 2.75) is 45.9 Å². The molecule has 1 rings (SSSR count). The molecule has 0 spiro atoms. The van der Waals surface area contributed by atoms with Crippen LogP contribution in [0.2, 0.25) is 0 Å². The molecule has 0 aliphatic carbocycles. The second-order valence-electron chi connectivity index (χ2n) is 5.07. The molecular formula is C10H21NS. The SMILES string of the molecule is CC(C)C1SCNC1C(C)(C)C. The first-order valence-electron chi connectivity index (χ1n) is 4.78. The maximum atomic E-state index is 3.59. The Morgan fingerprint density at radius 1 is 1.33 bits per heavy atom. The fourth-order valence-corrected chi connectivity index (χ4v) is 3.37. The molecule has 12 heavy (non-hydrogen) atoms. The van der Waals surface area contributed by atoms with Gasteiger partial charge in [0.25, 0.3) is 0 Å². The van der Waals surface area contributed by atoms with Crippen LogP contribution >= 0.6 is 11.8 Å². The lowest BCUT2D eigenvalue weighted by atomic mass is 9.82. The van der Waals surface area contributed by atoms with Gasteiger partial charge in [0.2, 0.25) is 0 Å². The lowest BCUT2D eigenvalue weighted by Crippen LogP contribution is -2.43. The minimum atomic E-state index is 0.401. The number of nitrogens with one attached hydrogen (secondary N) is 1. The van der Waals surface area contributed by atoms with E-state index < -0.39 is 0 Å². The molecule has 0 saturated carbocycles. The maximum absolute atomic E-state index is 3.59. The first-order valence-corrected chi connectivity index (χ1v) is 5.83. The van der Waals surface area contributed by atoms with Crippen LogP contribution < -0.4 is 5.32 Å². The second-order valence-corrected chi connectivity index (χ2v) is 6.23.